The summed E-state index contributed by atoms with van der Waals surface area (Å²) in [6.07, 6.45) is 1.85. The highest BCUT2D eigenvalue weighted by atomic mass is 16.5. The Labute approximate surface area is 124 Å². The normalized spacial score (nSPS) is 11.2. The average molecular weight is 297 g/mol. The van der Waals surface area contributed by atoms with Crippen LogP contribution in [-0.4, -0.2) is 37.7 Å². The van der Waals surface area contributed by atoms with Crippen LogP contribution < -0.4 is 10.6 Å². The smallest absolute Gasteiger partial charge is 0.408 e. The van der Waals surface area contributed by atoms with E-state index in [-0.39, 0.29) is 18.4 Å². The summed E-state index contributed by atoms with van der Waals surface area (Å²) >= 11 is 0. The van der Waals surface area contributed by atoms with E-state index in [2.05, 4.69) is 27.2 Å². The first-order valence-corrected chi connectivity index (χ1v) is 6.84. The molecule has 0 rings (SSSR count). The second-order valence-electron chi connectivity index (χ2n) is 4.81. The van der Waals surface area contributed by atoms with Crippen LogP contribution in [0.1, 0.15) is 26.7 Å². The van der Waals surface area contributed by atoms with E-state index in [1.54, 1.807) is 0 Å². The van der Waals surface area contributed by atoms with E-state index in [4.69, 9.17) is 10.3 Å². The number of azide groups is 1. The molecule has 0 saturated heterocycles. The molecular weight excluding hydrogens is 274 g/mol. The molecule has 0 aliphatic carbocycles. The standard InChI is InChI=1S/C13H23N5O3/c1-4-8-21-13(20)17-11(9-10(2)3)12(19)15-6-5-7-16-18-14/h4,10-11H,1,5-9H2,2-3H3,(H,15,19)(H,17,20)/t11-/m0/s1. The van der Waals surface area contributed by atoms with Gasteiger partial charge in [-0.15, -0.1) is 0 Å². The number of alkyl carbamates (subject to hydrolysis) is 1. The summed E-state index contributed by atoms with van der Waals surface area (Å²) in [7, 11) is 0. The first-order chi connectivity index (χ1) is 10.0. The predicted molar refractivity (Wildman–Crippen MR) is 79.6 cm³/mol. The van der Waals surface area contributed by atoms with E-state index in [0.29, 0.717) is 25.9 Å². The lowest BCUT2D eigenvalue weighted by molar-refractivity contribution is -0.123. The first kappa shape index (κ1) is 18.8. The Hall–Kier alpha value is -2.21. The number of hydrogen-bond donors (Lipinski definition) is 2. The molecule has 118 valence electrons. The Morgan fingerprint density at radius 1 is 1.48 bits per heavy atom. The van der Waals surface area contributed by atoms with Crippen LogP contribution in [0.2, 0.25) is 0 Å². The van der Waals surface area contributed by atoms with Gasteiger partial charge in [-0.1, -0.05) is 31.6 Å². The maximum Gasteiger partial charge on any atom is 0.408 e. The third-order valence-electron chi connectivity index (χ3n) is 2.45. The second kappa shape index (κ2) is 11.6. The van der Waals surface area contributed by atoms with Crippen LogP contribution in [0.3, 0.4) is 0 Å². The number of rotatable bonds is 10. The van der Waals surface area contributed by atoms with Gasteiger partial charge in [0.1, 0.15) is 12.6 Å². The maximum absolute atomic E-state index is 12.0. The van der Waals surface area contributed by atoms with Gasteiger partial charge in [-0.25, -0.2) is 4.79 Å². The van der Waals surface area contributed by atoms with Gasteiger partial charge in [-0.2, -0.15) is 0 Å². The van der Waals surface area contributed by atoms with E-state index in [1.165, 1.54) is 6.08 Å². The summed E-state index contributed by atoms with van der Waals surface area (Å²) in [5, 5.41) is 8.60. The van der Waals surface area contributed by atoms with Gasteiger partial charge < -0.3 is 15.4 Å². The van der Waals surface area contributed by atoms with Gasteiger partial charge in [0.05, 0.1) is 0 Å². The average Bonchev–Trinajstić information content (AvgIpc) is 2.43. The minimum Gasteiger partial charge on any atom is -0.445 e. The molecule has 0 fully saturated rings. The summed E-state index contributed by atoms with van der Waals surface area (Å²) in [6, 6.07) is -0.651. The third-order valence-corrected chi connectivity index (χ3v) is 2.45. The number of amides is 2. The second-order valence-corrected chi connectivity index (χ2v) is 4.81. The quantitative estimate of drug-likeness (QED) is 0.211. The molecule has 0 bridgehead atoms. The van der Waals surface area contributed by atoms with Crippen LogP contribution >= 0.6 is 0 Å². The van der Waals surface area contributed by atoms with Gasteiger partial charge in [-0.05, 0) is 24.3 Å². The van der Waals surface area contributed by atoms with Gasteiger partial charge >= 0.3 is 6.09 Å². The molecule has 0 saturated carbocycles. The van der Waals surface area contributed by atoms with Crippen LogP contribution in [0.15, 0.2) is 17.8 Å². The Bertz CT molecular complexity index is 391. The van der Waals surface area contributed by atoms with Crippen molar-refractivity contribution in [3.8, 4) is 0 Å². The lowest BCUT2D eigenvalue weighted by Crippen LogP contribution is -2.47. The zero-order valence-corrected chi connectivity index (χ0v) is 12.5. The van der Waals surface area contributed by atoms with Crippen molar-refractivity contribution < 1.29 is 14.3 Å². The van der Waals surface area contributed by atoms with E-state index < -0.39 is 12.1 Å². The van der Waals surface area contributed by atoms with E-state index in [0.717, 1.165) is 0 Å². The highest BCUT2D eigenvalue weighted by Crippen LogP contribution is 2.05. The fraction of sp³-hybridized carbons (Fsp3) is 0.692. The Morgan fingerprint density at radius 2 is 2.19 bits per heavy atom. The number of carbonyl (C=O) groups is 2. The molecule has 8 heteroatoms. The van der Waals surface area contributed by atoms with Gasteiger partial charge in [0.25, 0.3) is 0 Å². The summed E-state index contributed by atoms with van der Waals surface area (Å²) in [5.41, 5.74) is 8.13. The number of ether oxygens (including phenoxy) is 1. The fourth-order valence-electron chi connectivity index (χ4n) is 1.55. The van der Waals surface area contributed by atoms with Crippen LogP contribution in [0.4, 0.5) is 4.79 Å². The molecule has 0 aliphatic heterocycles. The molecule has 1 atom stereocenters. The van der Waals surface area contributed by atoms with Gasteiger partial charge in [0.2, 0.25) is 5.91 Å². The molecule has 2 N–H and O–H groups in total. The number of carbonyl (C=O) groups excluding carboxylic acids is 2. The molecule has 0 aromatic heterocycles. The highest BCUT2D eigenvalue weighted by Gasteiger charge is 2.21. The summed E-state index contributed by atoms with van der Waals surface area (Å²) in [4.78, 5) is 26.1. The molecule has 8 nitrogen and oxygen atoms in total. The molecule has 0 aromatic rings. The summed E-state index contributed by atoms with van der Waals surface area (Å²) in [5.74, 6) is -0.0381. The maximum atomic E-state index is 12.0. The lowest BCUT2D eigenvalue weighted by atomic mass is 10.0. The molecule has 21 heavy (non-hydrogen) atoms. The number of hydrogen-bond acceptors (Lipinski definition) is 4. The van der Waals surface area contributed by atoms with Crippen molar-refractivity contribution in [2.24, 2.45) is 11.0 Å². The summed E-state index contributed by atoms with van der Waals surface area (Å²) in [6.45, 7) is 8.15. The Morgan fingerprint density at radius 3 is 2.76 bits per heavy atom. The Balaban J connectivity index is 4.30. The van der Waals surface area contributed by atoms with E-state index in [9.17, 15) is 9.59 Å². The zero-order chi connectivity index (χ0) is 16.1. The monoisotopic (exact) mass is 297 g/mol. The Kier molecular flexibility index (Phi) is 10.4. The van der Waals surface area contributed by atoms with E-state index in [1.807, 2.05) is 13.8 Å². The van der Waals surface area contributed by atoms with Gasteiger partial charge in [-0.3, -0.25) is 4.79 Å². The molecular formula is C13H23N5O3. The fourth-order valence-corrected chi connectivity index (χ4v) is 1.55. The molecule has 0 unspecified atom stereocenters. The summed E-state index contributed by atoms with van der Waals surface area (Å²) < 4.78 is 4.81. The van der Waals surface area contributed by atoms with Gasteiger partial charge in [0, 0.05) is 18.0 Å². The van der Waals surface area contributed by atoms with Crippen molar-refractivity contribution in [2.75, 3.05) is 19.7 Å². The van der Waals surface area contributed by atoms with Crippen molar-refractivity contribution in [3.63, 3.8) is 0 Å². The van der Waals surface area contributed by atoms with Crippen LogP contribution in [0, 0.1) is 5.92 Å². The molecule has 2 amide bonds. The predicted octanol–water partition coefficient (Wildman–Crippen LogP) is 2.13. The van der Waals surface area contributed by atoms with Crippen molar-refractivity contribution in [1.82, 2.24) is 10.6 Å². The SMILES string of the molecule is C=CCOC(=O)N[C@@H](CC(C)C)C(=O)NCCCN=[N+]=[N-]. The molecule has 0 spiro atoms. The van der Waals surface area contributed by atoms with Crippen LogP contribution in [0.25, 0.3) is 10.4 Å². The van der Waals surface area contributed by atoms with E-state index >= 15 is 0 Å². The van der Waals surface area contributed by atoms with Crippen LogP contribution in [0.5, 0.6) is 0 Å². The number of nitrogens with one attached hydrogen (secondary N) is 2. The zero-order valence-electron chi connectivity index (χ0n) is 12.5. The molecule has 0 aliphatic rings. The minimum atomic E-state index is -0.651. The molecule has 0 heterocycles. The third kappa shape index (κ3) is 10.3. The van der Waals surface area contributed by atoms with Crippen LogP contribution in [-0.2, 0) is 9.53 Å². The molecule has 0 radical (unpaired) electrons. The molecule has 0 aromatic carbocycles. The highest BCUT2D eigenvalue weighted by molar-refractivity contribution is 5.85. The largest absolute Gasteiger partial charge is 0.445 e. The van der Waals surface area contributed by atoms with Gasteiger partial charge in [0.15, 0.2) is 0 Å². The van der Waals surface area contributed by atoms with Crippen molar-refractivity contribution in [2.45, 2.75) is 32.7 Å². The van der Waals surface area contributed by atoms with Crippen molar-refractivity contribution >= 4 is 12.0 Å². The number of nitrogens with zero attached hydrogens (tertiary/aromatic N) is 3. The minimum absolute atomic E-state index is 0.0913. The topological polar surface area (TPSA) is 116 Å². The lowest BCUT2D eigenvalue weighted by Gasteiger charge is -2.19. The first-order valence-electron chi connectivity index (χ1n) is 6.84. The van der Waals surface area contributed by atoms with Crippen molar-refractivity contribution in [3.05, 3.63) is 23.1 Å². The van der Waals surface area contributed by atoms with Crippen molar-refractivity contribution in [1.29, 1.82) is 0 Å².